The van der Waals surface area contributed by atoms with Gasteiger partial charge in [-0.2, -0.15) is 16.2 Å². The van der Waals surface area contributed by atoms with Crippen LogP contribution in [0.3, 0.4) is 0 Å². The third kappa shape index (κ3) is 28.1. The van der Waals surface area contributed by atoms with Gasteiger partial charge in [-0.25, -0.2) is 0 Å². The van der Waals surface area contributed by atoms with Gasteiger partial charge >= 0.3 is 13.9 Å². The van der Waals surface area contributed by atoms with Gasteiger partial charge in [0, 0.05) is 72.9 Å². The van der Waals surface area contributed by atoms with Gasteiger partial charge in [0.1, 0.15) is 19.2 Å². The summed E-state index contributed by atoms with van der Waals surface area (Å²) in [6.45, 7) is 12.8. The molecule has 0 aliphatic carbocycles. The van der Waals surface area contributed by atoms with Crippen LogP contribution >= 0.6 is 42.9 Å². The highest BCUT2D eigenvalue weighted by Crippen LogP contribution is 2.44. The summed E-state index contributed by atoms with van der Waals surface area (Å²) in [5.41, 5.74) is 6.37. The summed E-state index contributed by atoms with van der Waals surface area (Å²) >= 11 is 3.97. The number of thiophene rings is 1. The van der Waals surface area contributed by atoms with Gasteiger partial charge in [0.25, 0.3) is 5.91 Å². The average molecular weight is 958 g/mol. The van der Waals surface area contributed by atoms with Crippen LogP contribution in [0.1, 0.15) is 107 Å². The van der Waals surface area contributed by atoms with Crippen molar-refractivity contribution in [2.24, 2.45) is 5.73 Å². The number of hydrogen-bond acceptors (Lipinski definition) is 13. The summed E-state index contributed by atoms with van der Waals surface area (Å²) in [5, 5.41) is 8.76. The van der Waals surface area contributed by atoms with Crippen LogP contribution in [0.15, 0.2) is 54.6 Å². The molecule has 354 valence electrons. The lowest BCUT2D eigenvalue weighted by Crippen LogP contribution is -2.41. The van der Waals surface area contributed by atoms with Gasteiger partial charge < -0.3 is 35.1 Å². The molecule has 18 heteroatoms. The van der Waals surface area contributed by atoms with Gasteiger partial charge in [-0.3, -0.25) is 19.2 Å². The second kappa shape index (κ2) is 40.0. The number of benzene rings is 2. The van der Waals surface area contributed by atoms with Gasteiger partial charge in [0.2, 0.25) is 12.3 Å². The number of anilines is 1. The van der Waals surface area contributed by atoms with Gasteiger partial charge in [0.05, 0.1) is 11.5 Å². The van der Waals surface area contributed by atoms with E-state index in [-0.39, 0.29) is 17.3 Å². The fourth-order valence-corrected chi connectivity index (χ4v) is 8.14. The molecule has 2 aromatic carbocycles. The van der Waals surface area contributed by atoms with E-state index in [1.54, 1.807) is 37.0 Å². The number of aliphatic hydroxyl groups is 1. The summed E-state index contributed by atoms with van der Waals surface area (Å²) in [6, 6.07) is 16.3. The highest BCUT2D eigenvalue weighted by Gasteiger charge is 2.35. The number of nitrogens with zero attached hydrogens (tertiary/aromatic N) is 3. The van der Waals surface area contributed by atoms with E-state index in [9.17, 15) is 32.9 Å². The molecule has 2 fully saturated rings. The van der Waals surface area contributed by atoms with Crippen molar-refractivity contribution in [2.75, 3.05) is 69.6 Å². The number of nitrogens with two attached hydrogens (primary N) is 1. The van der Waals surface area contributed by atoms with Crippen molar-refractivity contribution in [1.82, 2.24) is 9.80 Å². The van der Waals surface area contributed by atoms with Crippen molar-refractivity contribution in [3.8, 4) is 0 Å². The Hall–Kier alpha value is -3.57. The lowest BCUT2D eigenvalue weighted by molar-refractivity contribution is -0.133. The molecule has 3 N–H and O–H groups in total. The first-order valence-electron chi connectivity index (χ1n) is 21.1. The Kier molecular flexibility index (Phi) is 39.0. The number of rotatable bonds is 15. The van der Waals surface area contributed by atoms with Crippen molar-refractivity contribution in [3.05, 3.63) is 65.0 Å². The molecule has 0 saturated carbocycles. The molecule has 0 spiro atoms. The number of primary amides is 1. The monoisotopic (exact) mass is 957 g/mol. The number of carbonyl (C=O) groups excluding carboxylic acids is 6. The second-order valence-corrected chi connectivity index (χ2v) is 17.9. The van der Waals surface area contributed by atoms with Crippen LogP contribution in [0.2, 0.25) is 0 Å². The molecule has 5 rings (SSSR count). The Morgan fingerprint density at radius 1 is 1.05 bits per heavy atom. The normalized spacial score (nSPS) is 14.6. The molecule has 2 unspecified atom stereocenters. The number of carbonyl (C=O) groups is 6. The highest BCUT2D eigenvalue weighted by atomic mass is 32.2. The van der Waals surface area contributed by atoms with Gasteiger partial charge in [-0.15, -0.1) is 15.9 Å². The lowest BCUT2D eigenvalue weighted by atomic mass is 10.1. The van der Waals surface area contributed by atoms with E-state index in [1.807, 2.05) is 64.3 Å². The Morgan fingerprint density at radius 2 is 1.71 bits per heavy atom. The van der Waals surface area contributed by atoms with Crippen LogP contribution in [0.5, 0.6) is 0 Å². The fraction of sp³-hybridized carbons (Fsp3) is 0.556. The van der Waals surface area contributed by atoms with Crippen molar-refractivity contribution in [1.29, 1.82) is 0 Å². The summed E-state index contributed by atoms with van der Waals surface area (Å²) in [5.74, 6) is -0.733. The van der Waals surface area contributed by atoms with E-state index < -0.39 is 19.8 Å². The number of fused-ring (bicyclic) bond motifs is 2. The molecule has 2 aliphatic heterocycles. The Labute approximate surface area is 388 Å². The van der Waals surface area contributed by atoms with Crippen LogP contribution in [-0.4, -0.2) is 122 Å². The van der Waals surface area contributed by atoms with E-state index in [1.165, 1.54) is 48.5 Å². The van der Waals surface area contributed by atoms with Crippen LogP contribution in [-0.2, 0) is 33.1 Å². The summed E-state index contributed by atoms with van der Waals surface area (Å²) < 4.78 is 32.1. The van der Waals surface area contributed by atoms with Crippen molar-refractivity contribution >= 4 is 94.6 Å². The molecular formula is C45H71FN4O9PS3+. The molecule has 13 nitrogen and oxygen atoms in total. The molecular weight excluding hydrogens is 887 g/mol. The summed E-state index contributed by atoms with van der Waals surface area (Å²) in [6.07, 6.45) is 11.7. The minimum atomic E-state index is -2.55. The molecule has 1 aromatic heterocycles. The van der Waals surface area contributed by atoms with Crippen molar-refractivity contribution in [2.45, 2.75) is 97.9 Å². The molecule has 2 aliphatic rings. The molecule has 63 heavy (non-hydrogen) atoms. The second-order valence-electron chi connectivity index (χ2n) is 13.4. The third-order valence-electron chi connectivity index (χ3n) is 8.53. The van der Waals surface area contributed by atoms with Crippen LogP contribution in [0, 0.1) is 0 Å². The minimum absolute atomic E-state index is 0.0439. The number of hydrogen-bond donors (Lipinski definition) is 2. The first-order valence-corrected chi connectivity index (χ1v) is 25.6. The van der Waals surface area contributed by atoms with Gasteiger partial charge in [0.15, 0.2) is 5.12 Å². The number of halogens is 1. The summed E-state index contributed by atoms with van der Waals surface area (Å²) in [7, 11) is 1.29. The predicted molar refractivity (Wildman–Crippen MR) is 262 cm³/mol. The van der Waals surface area contributed by atoms with E-state index in [4.69, 9.17) is 20.2 Å². The molecule has 0 bridgehead atoms. The van der Waals surface area contributed by atoms with Crippen LogP contribution < -0.4 is 10.6 Å². The highest BCUT2D eigenvalue weighted by molar-refractivity contribution is 8.13. The molecule has 3 atom stereocenters. The number of para-hydroxylation sites is 1. The maximum Gasteiger partial charge on any atom is 0.550 e. The first-order chi connectivity index (χ1) is 30.3. The Bertz CT molecular complexity index is 1720. The predicted octanol–water partition coefficient (Wildman–Crippen LogP) is 9.33. The Balaban J connectivity index is 0. The number of unbranched alkanes of at least 4 members (excludes halogenated alkanes) is 1. The Morgan fingerprint density at radius 3 is 2.24 bits per heavy atom. The quantitative estimate of drug-likeness (QED) is 0.0837. The zero-order chi connectivity index (χ0) is 48.0. The van der Waals surface area contributed by atoms with Crippen molar-refractivity contribution < 1.29 is 47.4 Å². The van der Waals surface area contributed by atoms with Crippen LogP contribution in [0.25, 0.3) is 10.1 Å². The van der Waals surface area contributed by atoms with Gasteiger partial charge in [-0.1, -0.05) is 63.7 Å². The number of aldehydes is 2. The standard InChI is InChI=1S/C16H17FNO4PS2.C10H18N2O.C8H9NO.C4H8O.C3H8OS.C2H4O.C2H6/c1-2-3-14(19)24-7-6-22-23(21)15(17)10-4-5-12-11(8-10)9-13(25-12)16(18)20;1-11-7-4-9-3-2-6-12(9)10(13)5-8-11;1-9(7-10)8-5-3-2-4-6-8;1-2-3-4-5;1-5-3-2-4;1-2-3;1-2/h4-5,8-9,15H,2-3,6-7H2,1H3,(H-,18,20);9H,2-8H2,1H3;2-7H,1H3;2*4H,2-3H2,1H3;2H,1H3;1-2H3/p+1/t;9-;;;;;/m.1...../s1. The minimum Gasteiger partial charge on any atom is -0.396 e. The number of aliphatic hydroxyl groups excluding tert-OH is 1. The van der Waals surface area contributed by atoms with E-state index >= 15 is 0 Å². The smallest absolute Gasteiger partial charge is 0.396 e. The SMILES string of the molecule is CC.CC=O.CCCC(=O)SCCO[P+](=O)C(F)c1ccc2sc(C(N)=O)cc2c1.CCCC=O.CN(C=O)c1ccccc1.CN1CCC(=O)N2CCC[C@@H]2CC1.CSCCO. The van der Waals surface area contributed by atoms with E-state index in [0.29, 0.717) is 53.8 Å². The molecule has 3 heterocycles. The number of alkyl halides is 1. The molecule has 3 aromatic rings. The maximum atomic E-state index is 14.4. The largest absolute Gasteiger partial charge is 0.550 e. The van der Waals surface area contributed by atoms with Crippen molar-refractivity contribution in [3.63, 3.8) is 0 Å². The lowest BCUT2D eigenvalue weighted by Gasteiger charge is -2.30. The summed E-state index contributed by atoms with van der Waals surface area (Å²) in [4.78, 5) is 69.0. The topological polar surface area (TPSA) is 185 Å². The molecule has 0 radical (unpaired) electrons. The van der Waals surface area contributed by atoms with Crippen LogP contribution in [0.4, 0.5) is 10.1 Å². The number of amides is 3. The van der Waals surface area contributed by atoms with E-state index in [0.717, 1.165) is 79.4 Å². The zero-order valence-corrected chi connectivity index (χ0v) is 41.7. The molecule has 3 amide bonds. The number of thioether (sulfide) groups is 2. The molecule has 2 saturated heterocycles. The average Bonchev–Trinajstić information content (AvgIpc) is 3.95. The first kappa shape index (κ1) is 61.5. The maximum absolute atomic E-state index is 14.4. The third-order valence-corrected chi connectivity index (χ3v) is 12.3. The zero-order valence-electron chi connectivity index (χ0n) is 38.4. The van der Waals surface area contributed by atoms with E-state index in [2.05, 4.69) is 16.8 Å². The fourth-order valence-electron chi connectivity index (χ4n) is 5.39. The van der Waals surface area contributed by atoms with Gasteiger partial charge in [-0.05, 0) is 99.2 Å².